The molecule has 3 unspecified atom stereocenters. The van der Waals surface area contributed by atoms with Gasteiger partial charge >= 0.3 is 4.87 Å². The predicted molar refractivity (Wildman–Crippen MR) is 149 cm³/mol. The smallest absolute Gasteiger partial charge is 0.308 e. The zero-order chi connectivity index (χ0) is 27.3. The van der Waals surface area contributed by atoms with E-state index in [-0.39, 0.29) is 17.3 Å². The summed E-state index contributed by atoms with van der Waals surface area (Å²) in [5.41, 5.74) is 1.60. The summed E-state index contributed by atoms with van der Waals surface area (Å²) in [6.07, 6.45) is 0. The van der Waals surface area contributed by atoms with Crippen LogP contribution in [0.5, 0.6) is 0 Å². The molecule has 3 heterocycles. The van der Waals surface area contributed by atoms with E-state index < -0.39 is 34.7 Å². The Bertz CT molecular complexity index is 1660. The summed E-state index contributed by atoms with van der Waals surface area (Å²) >= 11 is 7.98. The molecule has 11 heteroatoms. The molecule has 0 bridgehead atoms. The lowest BCUT2D eigenvalue weighted by Gasteiger charge is -2.30. The van der Waals surface area contributed by atoms with Crippen LogP contribution < -0.4 is 15.1 Å². The number of anilines is 2. The maximum absolute atomic E-state index is 13.8. The van der Waals surface area contributed by atoms with E-state index in [4.69, 9.17) is 11.6 Å². The van der Waals surface area contributed by atoms with Crippen molar-refractivity contribution < 1.29 is 18.8 Å². The third-order valence-corrected chi connectivity index (χ3v) is 9.58. The highest BCUT2D eigenvalue weighted by molar-refractivity contribution is 8.00. The van der Waals surface area contributed by atoms with Crippen LogP contribution in [0.25, 0.3) is 0 Å². The Morgan fingerprint density at radius 1 is 0.923 bits per heavy atom. The van der Waals surface area contributed by atoms with Gasteiger partial charge in [0.05, 0.1) is 16.6 Å². The predicted octanol–water partition coefficient (Wildman–Crippen LogP) is 5.14. The van der Waals surface area contributed by atoms with Crippen molar-refractivity contribution in [1.29, 1.82) is 0 Å². The van der Waals surface area contributed by atoms with Gasteiger partial charge in [-0.15, -0.1) is 0 Å². The number of nitrogens with one attached hydrogen (secondary N) is 1. The number of thioether (sulfide) groups is 1. The molecule has 7 nitrogen and oxygen atoms in total. The number of fused-ring (bicyclic) bond motifs is 2. The van der Waals surface area contributed by atoms with Crippen LogP contribution >= 0.6 is 34.7 Å². The Morgan fingerprint density at radius 3 is 2.31 bits per heavy atom. The van der Waals surface area contributed by atoms with Crippen molar-refractivity contribution in [1.82, 2.24) is 4.57 Å². The third-order valence-electron chi connectivity index (χ3n) is 6.72. The van der Waals surface area contributed by atoms with Gasteiger partial charge in [0.2, 0.25) is 17.7 Å². The topological polar surface area (TPSA) is 88.5 Å². The fraction of sp³-hybridized carbons (Fsp3) is 0.143. The van der Waals surface area contributed by atoms with Crippen molar-refractivity contribution in [2.75, 3.05) is 10.2 Å². The van der Waals surface area contributed by atoms with Gasteiger partial charge < -0.3 is 5.32 Å². The SMILES string of the molecule is O=C(Cn1c2c(sc1=O)C(c1ccc(F)cc1)C1C(=O)N(c3ccccc3)C(=O)C1S2)Nc1ccc(Cl)cc1. The number of amides is 3. The van der Waals surface area contributed by atoms with Gasteiger partial charge in [0, 0.05) is 21.5 Å². The maximum atomic E-state index is 13.8. The highest BCUT2D eigenvalue weighted by atomic mass is 35.5. The normalized spacial score (nSPS) is 20.1. The van der Waals surface area contributed by atoms with Crippen molar-refractivity contribution in [3.05, 3.63) is 110 Å². The second-order valence-corrected chi connectivity index (χ2v) is 11.7. The van der Waals surface area contributed by atoms with Gasteiger partial charge in [-0.2, -0.15) is 0 Å². The van der Waals surface area contributed by atoms with Crippen LogP contribution in [0.2, 0.25) is 5.02 Å². The monoisotopic (exact) mass is 579 g/mol. The van der Waals surface area contributed by atoms with Crippen LogP contribution in [0.1, 0.15) is 16.4 Å². The lowest BCUT2D eigenvalue weighted by Crippen LogP contribution is -2.33. The van der Waals surface area contributed by atoms with Crippen LogP contribution in [0.3, 0.4) is 0 Å². The second-order valence-electron chi connectivity index (χ2n) is 9.12. The van der Waals surface area contributed by atoms with E-state index in [1.54, 1.807) is 66.7 Å². The molecule has 39 heavy (non-hydrogen) atoms. The zero-order valence-corrected chi connectivity index (χ0v) is 22.4. The van der Waals surface area contributed by atoms with Crippen LogP contribution in [-0.4, -0.2) is 27.5 Å². The first-order chi connectivity index (χ1) is 18.8. The summed E-state index contributed by atoms with van der Waals surface area (Å²) < 4.78 is 15.2. The van der Waals surface area contributed by atoms with Gasteiger partial charge in [-0.05, 0) is 54.1 Å². The fourth-order valence-electron chi connectivity index (χ4n) is 4.99. The highest BCUT2D eigenvalue weighted by Crippen LogP contribution is 2.53. The van der Waals surface area contributed by atoms with Crippen LogP contribution in [-0.2, 0) is 20.9 Å². The van der Waals surface area contributed by atoms with Gasteiger partial charge in [0.25, 0.3) is 0 Å². The lowest BCUT2D eigenvalue weighted by atomic mass is 9.83. The van der Waals surface area contributed by atoms with Gasteiger partial charge in [-0.3, -0.25) is 23.7 Å². The molecule has 2 aliphatic heterocycles. The molecule has 4 aromatic rings. The van der Waals surface area contributed by atoms with E-state index in [9.17, 15) is 23.6 Å². The molecule has 0 saturated carbocycles. The average molecular weight is 580 g/mol. The Kier molecular flexibility index (Phi) is 6.62. The number of rotatable bonds is 5. The van der Waals surface area contributed by atoms with E-state index in [0.29, 0.717) is 31.9 Å². The number of halogens is 2. The van der Waals surface area contributed by atoms with Gasteiger partial charge in [0.15, 0.2) is 0 Å². The molecule has 3 aromatic carbocycles. The minimum atomic E-state index is -0.820. The lowest BCUT2D eigenvalue weighted by molar-refractivity contribution is -0.122. The maximum Gasteiger partial charge on any atom is 0.308 e. The molecule has 1 aromatic heterocycles. The first-order valence-electron chi connectivity index (χ1n) is 12.0. The zero-order valence-electron chi connectivity index (χ0n) is 20.0. The number of thiazole rings is 1. The van der Waals surface area contributed by atoms with Crippen molar-refractivity contribution in [2.24, 2.45) is 5.92 Å². The largest absolute Gasteiger partial charge is 0.325 e. The quantitative estimate of drug-likeness (QED) is 0.331. The minimum Gasteiger partial charge on any atom is -0.325 e. The van der Waals surface area contributed by atoms with Crippen molar-refractivity contribution in [3.63, 3.8) is 0 Å². The molecule has 6 rings (SSSR count). The number of nitrogens with zero attached hydrogens (tertiary/aromatic N) is 2. The standard InChI is InChI=1S/C28H19ClFN3O4S2/c29-16-8-12-18(13-9-16)31-20(34)14-32-27-24(39-28(32)37)21(15-6-10-17(30)11-7-15)22-23(38-27)26(36)33(25(22)35)19-4-2-1-3-5-19/h1-13,21-23H,14H2,(H,31,34). The summed E-state index contributed by atoms with van der Waals surface area (Å²) in [5, 5.41) is 2.91. The van der Waals surface area contributed by atoms with Crippen LogP contribution in [0.4, 0.5) is 15.8 Å². The molecule has 1 N–H and O–H groups in total. The van der Waals surface area contributed by atoms with E-state index in [2.05, 4.69) is 5.32 Å². The number of para-hydroxylation sites is 1. The number of imide groups is 1. The highest BCUT2D eigenvalue weighted by Gasteiger charge is 2.56. The molecule has 2 aliphatic rings. The summed E-state index contributed by atoms with van der Waals surface area (Å²) in [6.45, 7) is -0.279. The van der Waals surface area contributed by atoms with Gasteiger partial charge in [-0.25, -0.2) is 9.29 Å². The minimum absolute atomic E-state index is 0.279. The van der Waals surface area contributed by atoms with Gasteiger partial charge in [0.1, 0.15) is 17.6 Å². The van der Waals surface area contributed by atoms with E-state index in [0.717, 1.165) is 23.1 Å². The molecule has 0 radical (unpaired) electrons. The van der Waals surface area contributed by atoms with E-state index in [1.165, 1.54) is 21.6 Å². The molecule has 0 aliphatic carbocycles. The molecule has 0 spiro atoms. The van der Waals surface area contributed by atoms with Crippen LogP contribution in [0.15, 0.2) is 88.7 Å². The number of benzene rings is 3. The average Bonchev–Trinajstić information content (AvgIpc) is 3.37. The van der Waals surface area contributed by atoms with Crippen molar-refractivity contribution >= 4 is 63.8 Å². The second kappa shape index (κ2) is 10.1. The molecule has 1 saturated heterocycles. The Hall–Kier alpha value is -3.73. The summed E-state index contributed by atoms with van der Waals surface area (Å²) in [7, 11) is 0. The number of carbonyl (C=O) groups excluding carboxylic acids is 3. The number of aromatic nitrogens is 1. The molecule has 3 amide bonds. The van der Waals surface area contributed by atoms with Crippen molar-refractivity contribution in [3.8, 4) is 0 Å². The third kappa shape index (κ3) is 4.58. The first kappa shape index (κ1) is 25.5. The molecular formula is C28H19ClFN3O4S2. The van der Waals surface area contributed by atoms with E-state index in [1.807, 2.05) is 0 Å². The summed E-state index contributed by atoms with van der Waals surface area (Å²) in [6, 6.07) is 21.0. The fourth-order valence-corrected chi connectivity index (χ4v) is 7.89. The Labute approximate surface area is 235 Å². The first-order valence-corrected chi connectivity index (χ1v) is 14.0. The van der Waals surface area contributed by atoms with E-state index >= 15 is 0 Å². The number of hydrogen-bond donors (Lipinski definition) is 1. The number of hydrogen-bond acceptors (Lipinski definition) is 6. The number of carbonyl (C=O) groups is 3. The summed E-state index contributed by atoms with van der Waals surface area (Å²) in [4.78, 5) is 54.9. The van der Waals surface area contributed by atoms with Gasteiger partial charge in [-0.1, -0.05) is 65.0 Å². The summed E-state index contributed by atoms with van der Waals surface area (Å²) in [5.74, 6) is -3.09. The molecule has 1 fully saturated rings. The Balaban J connectivity index is 1.40. The van der Waals surface area contributed by atoms with Crippen molar-refractivity contribution in [2.45, 2.75) is 22.7 Å². The Morgan fingerprint density at radius 2 is 1.62 bits per heavy atom. The molecule has 3 atom stereocenters. The van der Waals surface area contributed by atoms with Crippen LogP contribution in [0, 0.1) is 11.7 Å². The molecular weight excluding hydrogens is 561 g/mol. The molecule has 196 valence electrons.